The lowest BCUT2D eigenvalue weighted by molar-refractivity contribution is -0.116. The van der Waals surface area contributed by atoms with Gasteiger partial charge in [0.1, 0.15) is 10.6 Å². The summed E-state index contributed by atoms with van der Waals surface area (Å²) in [5, 5.41) is 9.16. The van der Waals surface area contributed by atoms with Crippen LogP contribution in [0.1, 0.15) is 38.5 Å². The maximum atomic E-state index is 13.1. The van der Waals surface area contributed by atoms with E-state index in [0.717, 1.165) is 16.7 Å². The van der Waals surface area contributed by atoms with E-state index in [1.807, 2.05) is 57.3 Å². The molecule has 3 heterocycles. The smallest absolute Gasteiger partial charge is 0.262 e. The van der Waals surface area contributed by atoms with E-state index in [9.17, 15) is 9.59 Å². The van der Waals surface area contributed by atoms with Crippen molar-refractivity contribution in [3.05, 3.63) is 63.7 Å². The molecule has 0 atom stereocenters. The monoisotopic (exact) mass is 436 g/mol. The first-order valence-electron chi connectivity index (χ1n) is 10.0. The molecule has 0 bridgehead atoms. The van der Waals surface area contributed by atoms with E-state index >= 15 is 0 Å². The number of hydrogen-bond donors (Lipinski definition) is 1. The lowest BCUT2D eigenvalue weighted by atomic mass is 9.93. The largest absolute Gasteiger partial charge is 0.359 e. The van der Waals surface area contributed by atoms with Crippen LogP contribution in [0.3, 0.4) is 0 Å². The molecule has 8 heteroatoms. The average molecular weight is 437 g/mol. The highest BCUT2D eigenvalue weighted by Crippen LogP contribution is 2.30. The van der Waals surface area contributed by atoms with Crippen molar-refractivity contribution >= 4 is 33.3 Å². The fourth-order valence-corrected chi connectivity index (χ4v) is 4.09. The Morgan fingerprint density at radius 3 is 2.65 bits per heavy atom. The lowest BCUT2D eigenvalue weighted by Crippen LogP contribution is -2.23. The number of thiophene rings is 1. The minimum absolute atomic E-state index is 0.120. The van der Waals surface area contributed by atoms with E-state index in [-0.39, 0.29) is 29.8 Å². The van der Waals surface area contributed by atoms with Crippen molar-refractivity contribution in [2.75, 3.05) is 5.32 Å². The van der Waals surface area contributed by atoms with E-state index in [4.69, 9.17) is 4.52 Å². The minimum Gasteiger partial charge on any atom is -0.359 e. The van der Waals surface area contributed by atoms with Gasteiger partial charge in [-0.25, -0.2) is 4.98 Å². The number of carbonyl (C=O) groups is 1. The molecule has 0 aliphatic rings. The Morgan fingerprint density at radius 1 is 1.23 bits per heavy atom. The van der Waals surface area contributed by atoms with Gasteiger partial charge >= 0.3 is 0 Å². The number of hydrogen-bond acceptors (Lipinski definition) is 6. The van der Waals surface area contributed by atoms with Gasteiger partial charge in [0.15, 0.2) is 5.82 Å². The van der Waals surface area contributed by atoms with Crippen molar-refractivity contribution in [3.63, 3.8) is 0 Å². The van der Waals surface area contributed by atoms with Gasteiger partial charge in [-0.15, -0.1) is 11.3 Å². The van der Waals surface area contributed by atoms with Crippen molar-refractivity contribution < 1.29 is 9.32 Å². The first kappa shape index (κ1) is 21.0. The van der Waals surface area contributed by atoms with Crippen LogP contribution in [-0.2, 0) is 16.8 Å². The van der Waals surface area contributed by atoms with Crippen molar-refractivity contribution in [3.8, 4) is 11.1 Å². The summed E-state index contributed by atoms with van der Waals surface area (Å²) >= 11 is 1.44. The highest BCUT2D eigenvalue weighted by atomic mass is 32.1. The van der Waals surface area contributed by atoms with Gasteiger partial charge in [0.25, 0.3) is 5.56 Å². The van der Waals surface area contributed by atoms with Gasteiger partial charge < -0.3 is 9.84 Å². The van der Waals surface area contributed by atoms with E-state index in [1.54, 1.807) is 6.07 Å². The number of aryl methyl sites for hydroxylation is 2. The molecule has 1 aromatic carbocycles. The lowest BCUT2D eigenvalue weighted by Gasteiger charge is -2.12. The number of aromatic nitrogens is 3. The first-order valence-corrected chi connectivity index (χ1v) is 10.9. The molecule has 0 radical (unpaired) electrons. The van der Waals surface area contributed by atoms with Crippen molar-refractivity contribution in [2.24, 2.45) is 0 Å². The highest BCUT2D eigenvalue weighted by molar-refractivity contribution is 7.17. The molecule has 0 unspecified atom stereocenters. The highest BCUT2D eigenvalue weighted by Gasteiger charge is 2.20. The number of anilines is 1. The van der Waals surface area contributed by atoms with E-state index in [0.29, 0.717) is 21.8 Å². The normalized spacial score (nSPS) is 11.7. The van der Waals surface area contributed by atoms with Gasteiger partial charge in [-0.2, -0.15) is 0 Å². The molecule has 0 aliphatic heterocycles. The molecule has 31 heavy (non-hydrogen) atoms. The Kier molecular flexibility index (Phi) is 5.49. The number of rotatable bonds is 5. The van der Waals surface area contributed by atoms with Crippen LogP contribution < -0.4 is 10.9 Å². The van der Waals surface area contributed by atoms with E-state index in [1.165, 1.54) is 22.2 Å². The van der Waals surface area contributed by atoms with Crippen molar-refractivity contribution in [1.82, 2.24) is 14.7 Å². The molecule has 7 nitrogen and oxygen atoms in total. The summed E-state index contributed by atoms with van der Waals surface area (Å²) in [6.07, 6.45) is 1.62. The predicted octanol–water partition coefficient (Wildman–Crippen LogP) is 4.75. The number of amides is 1. The van der Waals surface area contributed by atoms with Gasteiger partial charge in [0, 0.05) is 35.4 Å². The van der Waals surface area contributed by atoms with Crippen LogP contribution in [-0.4, -0.2) is 20.6 Å². The van der Waals surface area contributed by atoms with Crippen LogP contribution >= 0.6 is 11.3 Å². The van der Waals surface area contributed by atoms with Crippen LogP contribution in [0, 0.1) is 6.92 Å². The quantitative estimate of drug-likeness (QED) is 0.488. The summed E-state index contributed by atoms with van der Waals surface area (Å²) in [4.78, 5) is 30.6. The fourth-order valence-electron chi connectivity index (χ4n) is 3.19. The Morgan fingerprint density at radius 2 is 1.97 bits per heavy atom. The van der Waals surface area contributed by atoms with Crippen LogP contribution in [0.2, 0.25) is 0 Å². The Hall–Kier alpha value is -3.26. The molecule has 4 aromatic rings. The second-order valence-corrected chi connectivity index (χ2v) is 9.42. The number of carbonyl (C=O) groups excluding carboxylic acids is 1. The molecule has 0 saturated heterocycles. The molecular weight excluding hydrogens is 412 g/mol. The number of fused-ring (bicyclic) bond motifs is 1. The molecule has 0 saturated carbocycles. The average Bonchev–Trinajstić information content (AvgIpc) is 3.35. The molecule has 1 N–H and O–H groups in total. The Bertz CT molecular complexity index is 1290. The molecule has 0 fully saturated rings. The van der Waals surface area contributed by atoms with Crippen molar-refractivity contribution in [1.29, 1.82) is 0 Å². The molecule has 0 spiro atoms. The third-order valence-corrected chi connectivity index (χ3v) is 5.91. The van der Waals surface area contributed by atoms with Gasteiger partial charge in [0.05, 0.1) is 11.7 Å². The van der Waals surface area contributed by atoms with Crippen molar-refractivity contribution in [2.45, 2.75) is 46.1 Å². The predicted molar refractivity (Wildman–Crippen MR) is 123 cm³/mol. The summed E-state index contributed by atoms with van der Waals surface area (Å²) in [6.45, 7) is 8.26. The van der Waals surface area contributed by atoms with E-state index in [2.05, 4.69) is 15.5 Å². The minimum atomic E-state index is -0.246. The summed E-state index contributed by atoms with van der Waals surface area (Å²) in [5.41, 5.74) is 2.67. The zero-order valence-electron chi connectivity index (χ0n) is 17.9. The molecular formula is C23H24N4O3S. The third-order valence-electron chi connectivity index (χ3n) is 5.02. The zero-order chi connectivity index (χ0) is 22.2. The maximum absolute atomic E-state index is 13.1. The maximum Gasteiger partial charge on any atom is 0.262 e. The number of nitrogens with zero attached hydrogens (tertiary/aromatic N) is 3. The topological polar surface area (TPSA) is 90.0 Å². The second kappa shape index (κ2) is 8.11. The van der Waals surface area contributed by atoms with E-state index < -0.39 is 0 Å². The standard InChI is InChI=1S/C23H24N4O3S/c1-14-5-7-15(8-6-14)16-12-31-21-20(16)22(29)27(13-24-21)10-9-19(28)25-18-11-17(30-26-18)23(2,3)4/h5-8,11-13H,9-10H2,1-4H3,(H,25,26,28). The summed E-state index contributed by atoms with van der Waals surface area (Å²) in [6, 6.07) is 9.77. The van der Waals surface area contributed by atoms with Gasteiger partial charge in [-0.1, -0.05) is 55.8 Å². The second-order valence-electron chi connectivity index (χ2n) is 8.56. The van der Waals surface area contributed by atoms with Crippen LogP contribution in [0.5, 0.6) is 0 Å². The molecule has 3 aromatic heterocycles. The molecule has 4 rings (SSSR count). The Balaban J connectivity index is 1.51. The summed E-state index contributed by atoms with van der Waals surface area (Å²) < 4.78 is 6.77. The molecule has 0 aliphatic carbocycles. The van der Waals surface area contributed by atoms with Gasteiger partial charge in [-0.3, -0.25) is 14.2 Å². The Labute approximate surface area is 183 Å². The van der Waals surface area contributed by atoms with Gasteiger partial charge in [0.2, 0.25) is 5.91 Å². The molecule has 1 amide bonds. The summed E-state index contributed by atoms with van der Waals surface area (Å²) in [5.74, 6) is 0.815. The zero-order valence-corrected chi connectivity index (χ0v) is 18.7. The van der Waals surface area contributed by atoms with Crippen LogP contribution in [0.25, 0.3) is 21.3 Å². The van der Waals surface area contributed by atoms with Gasteiger partial charge in [-0.05, 0) is 12.5 Å². The number of nitrogens with one attached hydrogen (secondary N) is 1. The van der Waals surface area contributed by atoms with Crippen LogP contribution in [0.15, 0.2) is 51.4 Å². The summed E-state index contributed by atoms with van der Waals surface area (Å²) in [7, 11) is 0. The SMILES string of the molecule is Cc1ccc(-c2csc3ncn(CCC(=O)Nc4cc(C(C)(C)C)on4)c(=O)c23)cc1. The number of benzene rings is 1. The third kappa shape index (κ3) is 4.44. The molecule has 160 valence electrons. The fraction of sp³-hybridized carbons (Fsp3) is 0.304. The first-order chi connectivity index (χ1) is 14.7. The van der Waals surface area contributed by atoms with Crippen LogP contribution in [0.4, 0.5) is 5.82 Å².